The molecule has 2 atom stereocenters. The molecule has 2 unspecified atom stereocenters. The van der Waals surface area contributed by atoms with Crippen molar-refractivity contribution in [1.29, 1.82) is 0 Å². The zero-order chi connectivity index (χ0) is 10.8. The van der Waals surface area contributed by atoms with Gasteiger partial charge >= 0.3 is 5.97 Å². The first kappa shape index (κ1) is 11.5. The third-order valence-electron chi connectivity index (χ3n) is 3.38. The second-order valence-electron chi connectivity index (χ2n) is 5.20. The third-order valence-corrected chi connectivity index (χ3v) is 3.38. The molecule has 0 aromatic heterocycles. The fourth-order valence-corrected chi connectivity index (χ4v) is 2.60. The molecule has 0 bridgehead atoms. The molecule has 0 radical (unpaired) electrons. The van der Waals surface area contributed by atoms with Crippen LogP contribution < -0.4 is 5.73 Å². The van der Waals surface area contributed by atoms with Crippen molar-refractivity contribution in [1.82, 2.24) is 0 Å². The van der Waals surface area contributed by atoms with Gasteiger partial charge in [-0.1, -0.05) is 20.3 Å². The quantitative estimate of drug-likeness (QED) is 0.729. The maximum absolute atomic E-state index is 11.0. The van der Waals surface area contributed by atoms with Crippen LogP contribution in [0.2, 0.25) is 0 Å². The number of hydrogen-bond donors (Lipinski definition) is 2. The van der Waals surface area contributed by atoms with Crippen molar-refractivity contribution in [2.75, 3.05) is 6.54 Å². The second kappa shape index (κ2) is 4.30. The molecule has 0 amide bonds. The highest BCUT2D eigenvalue weighted by molar-refractivity contribution is 5.70. The molecular formula is C11H21NO2. The Balaban J connectivity index is 2.62. The maximum atomic E-state index is 11.0. The van der Waals surface area contributed by atoms with E-state index in [0.29, 0.717) is 5.41 Å². The largest absolute Gasteiger partial charge is 0.481 e. The zero-order valence-corrected chi connectivity index (χ0v) is 9.12. The summed E-state index contributed by atoms with van der Waals surface area (Å²) in [6, 6.07) is 0. The van der Waals surface area contributed by atoms with E-state index in [1.54, 1.807) is 0 Å². The monoisotopic (exact) mass is 199 g/mol. The minimum atomic E-state index is -0.727. The second-order valence-corrected chi connectivity index (χ2v) is 5.20. The number of rotatable bonds is 3. The Hall–Kier alpha value is -0.570. The van der Waals surface area contributed by atoms with E-state index in [-0.39, 0.29) is 18.4 Å². The van der Waals surface area contributed by atoms with Crippen molar-refractivity contribution in [3.63, 3.8) is 0 Å². The van der Waals surface area contributed by atoms with Crippen molar-refractivity contribution in [3.05, 3.63) is 0 Å². The average Bonchev–Trinajstić information content (AvgIpc) is 2.02. The van der Waals surface area contributed by atoms with Gasteiger partial charge in [0.25, 0.3) is 0 Å². The van der Waals surface area contributed by atoms with E-state index in [9.17, 15) is 4.79 Å². The predicted molar refractivity (Wildman–Crippen MR) is 55.9 cm³/mol. The van der Waals surface area contributed by atoms with E-state index in [1.165, 1.54) is 6.42 Å². The number of carboxylic acid groups (broad SMARTS) is 1. The van der Waals surface area contributed by atoms with Gasteiger partial charge in [0.05, 0.1) is 5.92 Å². The fraction of sp³-hybridized carbons (Fsp3) is 0.909. The Morgan fingerprint density at radius 1 is 1.64 bits per heavy atom. The minimum absolute atomic E-state index is 0.274. The molecule has 0 aromatic carbocycles. The lowest BCUT2D eigenvalue weighted by molar-refractivity contribution is -0.144. The normalized spacial score (nSPS) is 28.4. The van der Waals surface area contributed by atoms with Gasteiger partial charge in [-0.25, -0.2) is 0 Å². The highest BCUT2D eigenvalue weighted by atomic mass is 16.4. The standard InChI is InChI=1S/C11H21NO2/c1-11(2)5-3-4-8(6-11)9(7-12)10(13)14/h8-9H,3-7,12H2,1-2H3,(H,13,14). The molecule has 0 aromatic rings. The Morgan fingerprint density at radius 2 is 2.29 bits per heavy atom. The topological polar surface area (TPSA) is 63.3 Å². The smallest absolute Gasteiger partial charge is 0.308 e. The molecule has 1 saturated carbocycles. The number of carbonyl (C=O) groups is 1. The summed E-state index contributed by atoms with van der Waals surface area (Å²) in [4.78, 5) is 11.0. The van der Waals surface area contributed by atoms with Crippen LogP contribution in [0.5, 0.6) is 0 Å². The average molecular weight is 199 g/mol. The first-order valence-electron chi connectivity index (χ1n) is 5.39. The van der Waals surface area contributed by atoms with Crippen LogP contribution in [0.1, 0.15) is 39.5 Å². The number of hydrogen-bond acceptors (Lipinski definition) is 2. The van der Waals surface area contributed by atoms with Gasteiger partial charge in [-0.05, 0) is 30.6 Å². The maximum Gasteiger partial charge on any atom is 0.308 e. The van der Waals surface area contributed by atoms with Crippen molar-refractivity contribution < 1.29 is 9.90 Å². The van der Waals surface area contributed by atoms with Crippen LogP contribution in [0, 0.1) is 17.3 Å². The Bertz CT molecular complexity index is 213. The molecule has 3 heteroatoms. The lowest BCUT2D eigenvalue weighted by Crippen LogP contribution is -2.36. The van der Waals surface area contributed by atoms with E-state index >= 15 is 0 Å². The van der Waals surface area contributed by atoms with E-state index in [0.717, 1.165) is 19.3 Å². The van der Waals surface area contributed by atoms with Gasteiger partial charge < -0.3 is 10.8 Å². The molecule has 3 N–H and O–H groups in total. The minimum Gasteiger partial charge on any atom is -0.481 e. The summed E-state index contributed by atoms with van der Waals surface area (Å²) in [5.74, 6) is -0.786. The van der Waals surface area contributed by atoms with E-state index in [2.05, 4.69) is 13.8 Å². The molecule has 3 nitrogen and oxygen atoms in total. The molecule has 82 valence electrons. The van der Waals surface area contributed by atoms with Crippen molar-refractivity contribution >= 4 is 5.97 Å². The molecule has 1 rings (SSSR count). The van der Waals surface area contributed by atoms with Crippen LogP contribution in [0.3, 0.4) is 0 Å². The summed E-state index contributed by atoms with van der Waals surface area (Å²) in [5, 5.41) is 9.02. The Labute approximate surface area is 85.7 Å². The molecule has 1 aliphatic carbocycles. The van der Waals surface area contributed by atoms with Gasteiger partial charge in [0.15, 0.2) is 0 Å². The van der Waals surface area contributed by atoms with E-state index < -0.39 is 5.97 Å². The molecule has 1 fully saturated rings. The molecule has 0 saturated heterocycles. The summed E-state index contributed by atoms with van der Waals surface area (Å²) in [5.41, 5.74) is 5.81. The van der Waals surface area contributed by atoms with Crippen molar-refractivity contribution in [2.24, 2.45) is 23.0 Å². The lowest BCUT2D eigenvalue weighted by atomic mass is 9.68. The summed E-state index contributed by atoms with van der Waals surface area (Å²) in [7, 11) is 0. The van der Waals surface area contributed by atoms with Crippen LogP contribution in [-0.4, -0.2) is 17.6 Å². The molecule has 1 aliphatic rings. The lowest BCUT2D eigenvalue weighted by Gasteiger charge is -2.37. The van der Waals surface area contributed by atoms with Gasteiger partial charge in [0.1, 0.15) is 0 Å². The zero-order valence-electron chi connectivity index (χ0n) is 9.12. The van der Waals surface area contributed by atoms with Crippen LogP contribution in [-0.2, 0) is 4.79 Å². The summed E-state index contributed by atoms with van der Waals surface area (Å²) < 4.78 is 0. The first-order valence-corrected chi connectivity index (χ1v) is 5.39. The summed E-state index contributed by atoms with van der Waals surface area (Å²) in [6.45, 7) is 4.71. The fourth-order valence-electron chi connectivity index (χ4n) is 2.60. The highest BCUT2D eigenvalue weighted by Crippen LogP contribution is 2.41. The van der Waals surface area contributed by atoms with Crippen LogP contribution in [0.25, 0.3) is 0 Å². The number of nitrogens with two attached hydrogens (primary N) is 1. The summed E-state index contributed by atoms with van der Waals surface area (Å²) in [6.07, 6.45) is 4.38. The van der Waals surface area contributed by atoms with Gasteiger partial charge in [0.2, 0.25) is 0 Å². The summed E-state index contributed by atoms with van der Waals surface area (Å²) >= 11 is 0. The third kappa shape index (κ3) is 2.71. The molecule has 0 aliphatic heterocycles. The van der Waals surface area contributed by atoms with E-state index in [1.807, 2.05) is 0 Å². The predicted octanol–water partition coefficient (Wildman–Crippen LogP) is 1.86. The Morgan fingerprint density at radius 3 is 2.71 bits per heavy atom. The van der Waals surface area contributed by atoms with Crippen LogP contribution in [0.15, 0.2) is 0 Å². The molecule has 0 spiro atoms. The number of aliphatic carboxylic acids is 1. The van der Waals surface area contributed by atoms with Crippen molar-refractivity contribution in [3.8, 4) is 0 Å². The Kier molecular flexibility index (Phi) is 3.53. The molecule has 0 heterocycles. The van der Waals surface area contributed by atoms with Gasteiger partial charge in [-0.15, -0.1) is 0 Å². The van der Waals surface area contributed by atoms with Crippen LogP contribution >= 0.6 is 0 Å². The van der Waals surface area contributed by atoms with Gasteiger partial charge in [-0.2, -0.15) is 0 Å². The first-order chi connectivity index (χ1) is 6.46. The van der Waals surface area contributed by atoms with Crippen molar-refractivity contribution in [2.45, 2.75) is 39.5 Å². The van der Waals surface area contributed by atoms with E-state index in [4.69, 9.17) is 10.8 Å². The number of carboxylic acids is 1. The van der Waals surface area contributed by atoms with Gasteiger partial charge in [-0.3, -0.25) is 4.79 Å². The van der Waals surface area contributed by atoms with Crippen LogP contribution in [0.4, 0.5) is 0 Å². The highest BCUT2D eigenvalue weighted by Gasteiger charge is 2.35. The van der Waals surface area contributed by atoms with Gasteiger partial charge in [0, 0.05) is 6.54 Å². The SMILES string of the molecule is CC1(C)CCCC(C(CN)C(=O)O)C1. The molecular weight excluding hydrogens is 178 g/mol. The molecule has 14 heavy (non-hydrogen) atoms.